The van der Waals surface area contributed by atoms with Gasteiger partial charge in [0.1, 0.15) is 6.61 Å². The highest BCUT2D eigenvalue weighted by Gasteiger charge is 2.16. The minimum atomic E-state index is 0.187. The van der Waals surface area contributed by atoms with Gasteiger partial charge in [-0.15, -0.1) is 0 Å². The van der Waals surface area contributed by atoms with Gasteiger partial charge in [0.15, 0.2) is 5.82 Å². The highest BCUT2D eigenvalue weighted by molar-refractivity contribution is 4.80. The van der Waals surface area contributed by atoms with Gasteiger partial charge in [0.2, 0.25) is 0 Å². The Morgan fingerprint density at radius 2 is 2.54 bits per heavy atom. The molecule has 0 radical (unpaired) electrons. The summed E-state index contributed by atoms with van der Waals surface area (Å²) in [6.45, 7) is 3.63. The fraction of sp³-hybridized carbons (Fsp3) is 0.750. The molecule has 1 atom stereocenters. The van der Waals surface area contributed by atoms with Crippen LogP contribution in [0.4, 0.5) is 0 Å². The Morgan fingerprint density at radius 3 is 3.15 bits per heavy atom. The van der Waals surface area contributed by atoms with Crippen LogP contribution in [0.2, 0.25) is 0 Å². The molecule has 0 aromatic carbocycles. The largest absolute Gasteiger partial charge is 0.379 e. The van der Waals surface area contributed by atoms with Crippen LogP contribution in [-0.2, 0) is 16.1 Å². The van der Waals surface area contributed by atoms with Crippen molar-refractivity contribution >= 4 is 0 Å². The van der Waals surface area contributed by atoms with Gasteiger partial charge in [-0.2, -0.15) is 4.98 Å². The van der Waals surface area contributed by atoms with Gasteiger partial charge in [-0.25, -0.2) is 0 Å². The molecule has 0 saturated carbocycles. The van der Waals surface area contributed by atoms with E-state index in [-0.39, 0.29) is 6.10 Å². The molecule has 0 N–H and O–H groups in total. The van der Waals surface area contributed by atoms with Crippen molar-refractivity contribution in [3.63, 3.8) is 0 Å². The number of aryl methyl sites for hydroxylation is 1. The van der Waals surface area contributed by atoms with Gasteiger partial charge in [-0.1, -0.05) is 5.16 Å². The fourth-order valence-electron chi connectivity index (χ4n) is 1.23. The third-order valence-electron chi connectivity index (χ3n) is 1.90. The molecule has 5 heteroatoms. The molecule has 13 heavy (non-hydrogen) atoms. The average Bonchev–Trinajstić information content (AvgIpc) is 2.71. The van der Waals surface area contributed by atoms with Gasteiger partial charge in [-0.3, -0.25) is 0 Å². The van der Waals surface area contributed by atoms with Crippen LogP contribution >= 0.6 is 0 Å². The van der Waals surface area contributed by atoms with Crippen molar-refractivity contribution in [1.29, 1.82) is 0 Å². The Morgan fingerprint density at radius 1 is 1.62 bits per heavy atom. The molecule has 0 aliphatic carbocycles. The first-order valence-electron chi connectivity index (χ1n) is 4.33. The summed E-state index contributed by atoms with van der Waals surface area (Å²) >= 11 is 0. The second-order valence-corrected chi connectivity index (χ2v) is 3.03. The van der Waals surface area contributed by atoms with Gasteiger partial charge >= 0.3 is 0 Å². The smallest absolute Gasteiger partial charge is 0.252 e. The van der Waals surface area contributed by atoms with Crippen LogP contribution in [0.5, 0.6) is 0 Å². The van der Waals surface area contributed by atoms with E-state index < -0.39 is 0 Å². The Kier molecular flexibility index (Phi) is 2.56. The molecule has 1 aliphatic rings. The summed E-state index contributed by atoms with van der Waals surface area (Å²) < 4.78 is 15.5. The molecular weight excluding hydrogens is 172 g/mol. The van der Waals surface area contributed by atoms with E-state index in [9.17, 15) is 0 Å². The van der Waals surface area contributed by atoms with Crippen molar-refractivity contribution in [2.24, 2.45) is 0 Å². The lowest BCUT2D eigenvalue weighted by Crippen LogP contribution is -2.11. The zero-order valence-corrected chi connectivity index (χ0v) is 7.52. The average molecular weight is 184 g/mol. The molecule has 1 fully saturated rings. The van der Waals surface area contributed by atoms with E-state index in [1.54, 1.807) is 6.92 Å². The quantitative estimate of drug-likeness (QED) is 0.691. The normalized spacial score (nSPS) is 22.4. The van der Waals surface area contributed by atoms with Crippen LogP contribution in [0.15, 0.2) is 4.52 Å². The Bertz CT molecular complexity index is 268. The van der Waals surface area contributed by atoms with Crippen LogP contribution in [0, 0.1) is 6.92 Å². The lowest BCUT2D eigenvalue weighted by Gasteiger charge is -2.05. The number of ether oxygens (including phenoxy) is 2. The Balaban J connectivity index is 1.78. The van der Waals surface area contributed by atoms with E-state index >= 15 is 0 Å². The summed E-state index contributed by atoms with van der Waals surface area (Å²) in [5.74, 6) is 1.17. The van der Waals surface area contributed by atoms with Crippen LogP contribution in [0.3, 0.4) is 0 Å². The van der Waals surface area contributed by atoms with Crippen molar-refractivity contribution in [3.05, 3.63) is 11.7 Å². The van der Waals surface area contributed by atoms with Crippen molar-refractivity contribution in [1.82, 2.24) is 10.1 Å². The SMILES string of the molecule is Cc1noc(COC2CCOC2)n1. The second kappa shape index (κ2) is 3.85. The number of rotatable bonds is 3. The molecule has 1 saturated heterocycles. The lowest BCUT2D eigenvalue weighted by molar-refractivity contribution is 0.0191. The first-order valence-corrected chi connectivity index (χ1v) is 4.33. The summed E-state index contributed by atoms with van der Waals surface area (Å²) in [7, 11) is 0. The molecule has 1 aromatic rings. The first-order chi connectivity index (χ1) is 6.34. The molecule has 5 nitrogen and oxygen atoms in total. The zero-order valence-electron chi connectivity index (χ0n) is 7.52. The number of nitrogens with zero attached hydrogens (tertiary/aromatic N) is 2. The van der Waals surface area contributed by atoms with Crippen LogP contribution < -0.4 is 0 Å². The molecule has 1 aromatic heterocycles. The summed E-state index contributed by atoms with van der Waals surface area (Å²) in [4.78, 5) is 4.03. The van der Waals surface area contributed by atoms with Crippen LogP contribution in [0.1, 0.15) is 18.1 Å². The topological polar surface area (TPSA) is 57.4 Å². The monoisotopic (exact) mass is 184 g/mol. The molecule has 1 unspecified atom stereocenters. The first kappa shape index (κ1) is 8.65. The van der Waals surface area contributed by atoms with Crippen molar-refractivity contribution in [3.8, 4) is 0 Å². The van der Waals surface area contributed by atoms with Gasteiger partial charge in [0.25, 0.3) is 5.89 Å². The van der Waals surface area contributed by atoms with Gasteiger partial charge in [0.05, 0.1) is 12.7 Å². The van der Waals surface area contributed by atoms with Gasteiger partial charge in [0, 0.05) is 6.61 Å². The fourth-order valence-corrected chi connectivity index (χ4v) is 1.23. The van der Waals surface area contributed by atoms with E-state index in [4.69, 9.17) is 14.0 Å². The third kappa shape index (κ3) is 2.26. The molecule has 2 rings (SSSR count). The van der Waals surface area contributed by atoms with Crippen LogP contribution in [0.25, 0.3) is 0 Å². The summed E-state index contributed by atoms with van der Waals surface area (Å²) in [6, 6.07) is 0. The standard InChI is InChI=1S/C8H12N2O3/c1-6-9-8(13-10-6)5-12-7-2-3-11-4-7/h7H,2-5H2,1H3. The summed E-state index contributed by atoms with van der Waals surface area (Å²) in [5, 5.41) is 3.66. The summed E-state index contributed by atoms with van der Waals surface area (Å²) in [5.41, 5.74) is 0. The maximum atomic E-state index is 5.48. The van der Waals surface area contributed by atoms with E-state index in [2.05, 4.69) is 10.1 Å². The maximum Gasteiger partial charge on any atom is 0.252 e. The minimum Gasteiger partial charge on any atom is -0.379 e. The van der Waals surface area contributed by atoms with E-state index in [0.717, 1.165) is 13.0 Å². The van der Waals surface area contributed by atoms with Gasteiger partial charge < -0.3 is 14.0 Å². The molecule has 72 valence electrons. The highest BCUT2D eigenvalue weighted by Crippen LogP contribution is 2.10. The van der Waals surface area contributed by atoms with Crippen molar-refractivity contribution in [2.45, 2.75) is 26.1 Å². The Hall–Kier alpha value is -0.940. The molecule has 0 amide bonds. The lowest BCUT2D eigenvalue weighted by atomic mass is 10.3. The molecule has 0 spiro atoms. The summed E-state index contributed by atoms with van der Waals surface area (Å²) in [6.07, 6.45) is 1.14. The predicted molar refractivity (Wildman–Crippen MR) is 43.0 cm³/mol. The zero-order chi connectivity index (χ0) is 9.10. The second-order valence-electron chi connectivity index (χ2n) is 3.03. The van der Waals surface area contributed by atoms with E-state index in [0.29, 0.717) is 24.9 Å². The molecule has 2 heterocycles. The van der Waals surface area contributed by atoms with Crippen LogP contribution in [-0.4, -0.2) is 29.5 Å². The van der Waals surface area contributed by atoms with Crippen molar-refractivity contribution < 1.29 is 14.0 Å². The molecular formula is C8H12N2O3. The van der Waals surface area contributed by atoms with E-state index in [1.807, 2.05) is 0 Å². The minimum absolute atomic E-state index is 0.187. The molecule has 0 bridgehead atoms. The van der Waals surface area contributed by atoms with Crippen molar-refractivity contribution in [2.75, 3.05) is 13.2 Å². The van der Waals surface area contributed by atoms with E-state index in [1.165, 1.54) is 0 Å². The molecule has 1 aliphatic heterocycles. The Labute approximate surface area is 76.0 Å². The van der Waals surface area contributed by atoms with Gasteiger partial charge in [-0.05, 0) is 13.3 Å². The highest BCUT2D eigenvalue weighted by atomic mass is 16.6. The number of aromatic nitrogens is 2. The maximum absolute atomic E-state index is 5.48. The third-order valence-corrected chi connectivity index (χ3v) is 1.90. The number of hydrogen-bond donors (Lipinski definition) is 0. The predicted octanol–water partition coefficient (Wildman–Crippen LogP) is 0.684. The number of hydrogen-bond acceptors (Lipinski definition) is 5.